The van der Waals surface area contributed by atoms with Gasteiger partial charge in [0.2, 0.25) is 0 Å². The first-order chi connectivity index (χ1) is 7.15. The molecule has 0 heterocycles. The third-order valence-electron chi connectivity index (χ3n) is 2.04. The Morgan fingerprint density at radius 3 is 2.20 bits per heavy atom. The highest BCUT2D eigenvalue weighted by molar-refractivity contribution is 5.17. The van der Waals surface area contributed by atoms with Crippen molar-refractivity contribution in [1.82, 2.24) is 0 Å². The molecule has 1 aromatic rings. The summed E-state index contributed by atoms with van der Waals surface area (Å²) in [6, 6.07) is 9.35. The molecule has 0 amide bonds. The third-order valence-corrected chi connectivity index (χ3v) is 2.04. The summed E-state index contributed by atoms with van der Waals surface area (Å²) in [5.74, 6) is 0. The van der Waals surface area contributed by atoms with Gasteiger partial charge in [0.15, 0.2) is 6.29 Å². The highest BCUT2D eigenvalue weighted by Crippen LogP contribution is 2.20. The quantitative estimate of drug-likeness (QED) is 0.756. The summed E-state index contributed by atoms with van der Waals surface area (Å²) in [5.41, 5.74) is 0.796. The first-order valence-electron chi connectivity index (χ1n) is 5.06. The van der Waals surface area contributed by atoms with E-state index in [1.165, 1.54) is 7.11 Å². The summed E-state index contributed by atoms with van der Waals surface area (Å²) in [4.78, 5) is 0. The largest absolute Gasteiger partial charge is 0.383 e. The van der Waals surface area contributed by atoms with Crippen molar-refractivity contribution in [2.24, 2.45) is 0 Å². The molecule has 1 aromatic carbocycles. The standard InChI is InChI=1S/C12H18O3/c1-9(2)15-12(14-3)11(13)10-7-5-4-6-8-10/h4-9,11-13H,1-3H3. The minimum atomic E-state index is -0.751. The maximum absolute atomic E-state index is 9.98. The molecule has 3 heteroatoms. The molecule has 0 saturated carbocycles. The summed E-state index contributed by atoms with van der Waals surface area (Å²) in [6.45, 7) is 3.81. The van der Waals surface area contributed by atoms with Gasteiger partial charge in [0, 0.05) is 7.11 Å². The van der Waals surface area contributed by atoms with Crippen molar-refractivity contribution >= 4 is 0 Å². The summed E-state index contributed by atoms with van der Waals surface area (Å²) < 4.78 is 10.5. The molecule has 0 fully saturated rings. The molecule has 3 nitrogen and oxygen atoms in total. The lowest BCUT2D eigenvalue weighted by molar-refractivity contribution is -0.199. The molecule has 0 radical (unpaired) electrons. The van der Waals surface area contributed by atoms with E-state index in [0.717, 1.165) is 5.56 Å². The minimum absolute atomic E-state index is 0.0216. The molecule has 0 aliphatic rings. The van der Waals surface area contributed by atoms with Gasteiger partial charge in [0.05, 0.1) is 6.10 Å². The number of aliphatic hydroxyl groups excluding tert-OH is 1. The van der Waals surface area contributed by atoms with Crippen LogP contribution in [-0.2, 0) is 9.47 Å². The van der Waals surface area contributed by atoms with Gasteiger partial charge in [-0.1, -0.05) is 30.3 Å². The van der Waals surface area contributed by atoms with Gasteiger partial charge in [-0.25, -0.2) is 0 Å². The van der Waals surface area contributed by atoms with E-state index in [9.17, 15) is 5.11 Å². The zero-order chi connectivity index (χ0) is 11.3. The second kappa shape index (κ2) is 5.85. The molecule has 0 bridgehead atoms. The number of benzene rings is 1. The number of aliphatic hydroxyl groups is 1. The molecular weight excluding hydrogens is 192 g/mol. The average molecular weight is 210 g/mol. The van der Waals surface area contributed by atoms with E-state index in [2.05, 4.69) is 0 Å². The number of rotatable bonds is 5. The molecule has 0 aliphatic heterocycles. The van der Waals surface area contributed by atoms with Gasteiger partial charge >= 0.3 is 0 Å². The Morgan fingerprint density at radius 2 is 1.73 bits per heavy atom. The van der Waals surface area contributed by atoms with Crippen LogP contribution in [0.3, 0.4) is 0 Å². The predicted molar refractivity (Wildman–Crippen MR) is 58.4 cm³/mol. The highest BCUT2D eigenvalue weighted by atomic mass is 16.7. The lowest BCUT2D eigenvalue weighted by Crippen LogP contribution is -2.27. The van der Waals surface area contributed by atoms with E-state index in [1.54, 1.807) is 0 Å². The van der Waals surface area contributed by atoms with Gasteiger partial charge in [0.25, 0.3) is 0 Å². The van der Waals surface area contributed by atoms with Crippen LogP contribution in [0.15, 0.2) is 30.3 Å². The number of ether oxygens (including phenoxy) is 2. The van der Waals surface area contributed by atoms with Crippen molar-refractivity contribution in [3.63, 3.8) is 0 Å². The fraction of sp³-hybridized carbons (Fsp3) is 0.500. The fourth-order valence-electron chi connectivity index (χ4n) is 1.33. The van der Waals surface area contributed by atoms with E-state index in [0.29, 0.717) is 0 Å². The minimum Gasteiger partial charge on any atom is -0.383 e. The molecule has 0 spiro atoms. The first kappa shape index (κ1) is 12.2. The van der Waals surface area contributed by atoms with Crippen LogP contribution >= 0.6 is 0 Å². The van der Waals surface area contributed by atoms with Crippen LogP contribution in [0, 0.1) is 0 Å². The normalized spacial score (nSPS) is 15.3. The van der Waals surface area contributed by atoms with Gasteiger partial charge in [-0.05, 0) is 19.4 Å². The lowest BCUT2D eigenvalue weighted by Gasteiger charge is -2.24. The number of hydrogen-bond donors (Lipinski definition) is 1. The van der Waals surface area contributed by atoms with Crippen molar-refractivity contribution in [2.45, 2.75) is 32.3 Å². The smallest absolute Gasteiger partial charge is 0.187 e. The summed E-state index contributed by atoms with van der Waals surface area (Å²) in [6.07, 6.45) is -1.35. The first-order valence-corrected chi connectivity index (χ1v) is 5.06. The van der Waals surface area contributed by atoms with Gasteiger partial charge in [-0.15, -0.1) is 0 Å². The number of hydrogen-bond acceptors (Lipinski definition) is 3. The zero-order valence-electron chi connectivity index (χ0n) is 9.38. The average Bonchev–Trinajstić information content (AvgIpc) is 2.26. The van der Waals surface area contributed by atoms with Crippen LogP contribution in [-0.4, -0.2) is 24.6 Å². The Bertz CT molecular complexity index is 271. The van der Waals surface area contributed by atoms with E-state index in [1.807, 2.05) is 44.2 Å². The van der Waals surface area contributed by atoms with Crippen LogP contribution in [0.5, 0.6) is 0 Å². The van der Waals surface area contributed by atoms with Crippen molar-refractivity contribution < 1.29 is 14.6 Å². The van der Waals surface area contributed by atoms with E-state index in [4.69, 9.17) is 9.47 Å². The van der Waals surface area contributed by atoms with Gasteiger partial charge in [0.1, 0.15) is 6.10 Å². The molecule has 0 saturated heterocycles. The molecule has 2 atom stereocenters. The zero-order valence-corrected chi connectivity index (χ0v) is 9.38. The Morgan fingerprint density at radius 1 is 1.13 bits per heavy atom. The Hall–Kier alpha value is -0.900. The maximum Gasteiger partial charge on any atom is 0.187 e. The van der Waals surface area contributed by atoms with Gasteiger partial charge < -0.3 is 14.6 Å². The molecule has 1 rings (SSSR count). The van der Waals surface area contributed by atoms with Crippen LogP contribution in [0.2, 0.25) is 0 Å². The fourth-order valence-corrected chi connectivity index (χ4v) is 1.33. The Balaban J connectivity index is 2.69. The van der Waals surface area contributed by atoms with Crippen molar-refractivity contribution in [3.8, 4) is 0 Å². The maximum atomic E-state index is 9.98. The van der Waals surface area contributed by atoms with E-state index in [-0.39, 0.29) is 6.10 Å². The predicted octanol–water partition coefficient (Wildman–Crippen LogP) is 2.12. The Kier molecular flexibility index (Phi) is 4.75. The van der Waals surface area contributed by atoms with Crippen LogP contribution < -0.4 is 0 Å². The van der Waals surface area contributed by atoms with Gasteiger partial charge in [-0.2, -0.15) is 0 Å². The molecule has 1 N–H and O–H groups in total. The number of methoxy groups -OCH3 is 1. The Labute approximate surface area is 90.6 Å². The van der Waals surface area contributed by atoms with Crippen LogP contribution in [0.4, 0.5) is 0 Å². The SMILES string of the molecule is COC(OC(C)C)C(O)c1ccccc1. The summed E-state index contributed by atoms with van der Waals surface area (Å²) >= 11 is 0. The van der Waals surface area contributed by atoms with Crippen LogP contribution in [0.25, 0.3) is 0 Å². The van der Waals surface area contributed by atoms with Crippen molar-refractivity contribution in [3.05, 3.63) is 35.9 Å². The third kappa shape index (κ3) is 3.63. The molecular formula is C12H18O3. The molecule has 84 valence electrons. The molecule has 0 aromatic heterocycles. The highest BCUT2D eigenvalue weighted by Gasteiger charge is 2.21. The van der Waals surface area contributed by atoms with Crippen molar-refractivity contribution in [1.29, 1.82) is 0 Å². The molecule has 2 unspecified atom stereocenters. The van der Waals surface area contributed by atoms with Crippen LogP contribution in [0.1, 0.15) is 25.5 Å². The summed E-state index contributed by atoms with van der Waals surface area (Å²) in [7, 11) is 1.53. The van der Waals surface area contributed by atoms with E-state index >= 15 is 0 Å². The van der Waals surface area contributed by atoms with E-state index < -0.39 is 12.4 Å². The second-order valence-electron chi connectivity index (χ2n) is 3.64. The molecule has 15 heavy (non-hydrogen) atoms. The summed E-state index contributed by atoms with van der Waals surface area (Å²) in [5, 5.41) is 9.98. The second-order valence-corrected chi connectivity index (χ2v) is 3.64. The van der Waals surface area contributed by atoms with Crippen molar-refractivity contribution in [2.75, 3.05) is 7.11 Å². The topological polar surface area (TPSA) is 38.7 Å². The lowest BCUT2D eigenvalue weighted by atomic mass is 10.1. The van der Waals surface area contributed by atoms with Gasteiger partial charge in [-0.3, -0.25) is 0 Å². The molecule has 0 aliphatic carbocycles. The monoisotopic (exact) mass is 210 g/mol.